The largest absolute Gasteiger partial charge is 0.495 e. The van der Waals surface area contributed by atoms with Crippen LogP contribution in [-0.4, -0.2) is 20.2 Å². The Hall–Kier alpha value is -1.07. The van der Waals surface area contributed by atoms with Crippen molar-refractivity contribution in [1.82, 2.24) is 0 Å². The van der Waals surface area contributed by atoms with Gasteiger partial charge in [-0.25, -0.2) is 4.79 Å². The first kappa shape index (κ1) is 11.4. The van der Waals surface area contributed by atoms with Gasteiger partial charge < -0.3 is 9.47 Å². The summed E-state index contributed by atoms with van der Waals surface area (Å²) in [7, 11) is 2.98. The van der Waals surface area contributed by atoms with Gasteiger partial charge in [-0.1, -0.05) is 12.1 Å². The Morgan fingerprint density at radius 3 is 2.75 bits per heavy atom. The minimum absolute atomic E-state index is 0.338. The smallest absolute Gasteiger partial charge is 0.349 e. The highest BCUT2D eigenvalue weighted by Gasteiger charge is 2.18. The van der Waals surface area contributed by atoms with E-state index in [1.807, 2.05) is 18.2 Å². The van der Waals surface area contributed by atoms with E-state index in [9.17, 15) is 4.79 Å². The Kier molecular flexibility index (Phi) is 3.16. The molecule has 2 aromatic rings. The summed E-state index contributed by atoms with van der Waals surface area (Å²) in [5, 5.41) is 0.963. The highest BCUT2D eigenvalue weighted by Crippen LogP contribution is 2.40. The highest BCUT2D eigenvalue weighted by atomic mass is 79.9. The van der Waals surface area contributed by atoms with Gasteiger partial charge in [-0.05, 0) is 22.0 Å². The molecule has 0 spiro atoms. The first-order valence-corrected chi connectivity index (χ1v) is 6.13. The second-order valence-corrected chi connectivity index (χ2v) is 4.89. The van der Waals surface area contributed by atoms with Crippen molar-refractivity contribution in [1.29, 1.82) is 0 Å². The Balaban J connectivity index is 2.72. The normalized spacial score (nSPS) is 10.4. The summed E-state index contributed by atoms with van der Waals surface area (Å²) in [6, 6.07) is 5.69. The molecular weight excluding hydrogens is 292 g/mol. The maximum absolute atomic E-state index is 11.5. The molecule has 0 unspecified atom stereocenters. The molecule has 0 saturated heterocycles. The summed E-state index contributed by atoms with van der Waals surface area (Å²) in [6.45, 7) is 0. The lowest BCUT2D eigenvalue weighted by Gasteiger charge is -1.99. The van der Waals surface area contributed by atoms with Crippen LogP contribution in [0.4, 0.5) is 0 Å². The number of carbonyl (C=O) groups excluding carboxylic acids is 1. The predicted octanol–water partition coefficient (Wildman–Crippen LogP) is 3.46. The molecule has 0 aliphatic carbocycles. The monoisotopic (exact) mass is 300 g/mol. The number of benzene rings is 1. The zero-order valence-electron chi connectivity index (χ0n) is 8.74. The molecule has 0 bridgehead atoms. The van der Waals surface area contributed by atoms with E-state index in [1.54, 1.807) is 7.11 Å². The van der Waals surface area contributed by atoms with Crippen LogP contribution in [0.1, 0.15) is 9.67 Å². The molecule has 16 heavy (non-hydrogen) atoms. The van der Waals surface area contributed by atoms with Crippen molar-refractivity contribution in [2.24, 2.45) is 0 Å². The van der Waals surface area contributed by atoms with Gasteiger partial charge in [0.1, 0.15) is 10.6 Å². The fourth-order valence-electron chi connectivity index (χ4n) is 1.45. The van der Waals surface area contributed by atoms with E-state index in [0.717, 1.165) is 20.3 Å². The summed E-state index contributed by atoms with van der Waals surface area (Å²) < 4.78 is 11.7. The summed E-state index contributed by atoms with van der Waals surface area (Å²) in [6.07, 6.45) is 0. The minimum atomic E-state index is -0.338. The number of halogens is 1. The molecule has 0 saturated carbocycles. The van der Waals surface area contributed by atoms with Gasteiger partial charge in [-0.2, -0.15) is 0 Å². The van der Waals surface area contributed by atoms with Crippen molar-refractivity contribution in [3.63, 3.8) is 0 Å². The van der Waals surface area contributed by atoms with E-state index in [4.69, 9.17) is 9.47 Å². The maximum Gasteiger partial charge on any atom is 0.349 e. The average molecular weight is 301 g/mol. The second-order valence-electron chi connectivity index (χ2n) is 3.07. The lowest BCUT2D eigenvalue weighted by atomic mass is 10.2. The summed E-state index contributed by atoms with van der Waals surface area (Å²) in [4.78, 5) is 12.1. The van der Waals surface area contributed by atoms with E-state index in [0.29, 0.717) is 4.88 Å². The third-order valence-electron chi connectivity index (χ3n) is 2.21. The quantitative estimate of drug-likeness (QED) is 0.797. The van der Waals surface area contributed by atoms with Crippen molar-refractivity contribution < 1.29 is 14.3 Å². The zero-order chi connectivity index (χ0) is 11.7. The molecule has 3 nitrogen and oxygen atoms in total. The lowest BCUT2D eigenvalue weighted by Crippen LogP contribution is -1.98. The standard InChI is InChI=1S/C11H9BrO3S/c1-14-7-5-3-4-6-8(12)10(11(13)15-2)16-9(6)7/h3-5H,1-2H3. The van der Waals surface area contributed by atoms with Gasteiger partial charge in [-0.15, -0.1) is 11.3 Å². The molecular formula is C11H9BrO3S. The Morgan fingerprint density at radius 1 is 1.38 bits per heavy atom. The van der Waals surface area contributed by atoms with Gasteiger partial charge in [0.2, 0.25) is 0 Å². The first-order chi connectivity index (χ1) is 7.69. The number of rotatable bonds is 2. The van der Waals surface area contributed by atoms with E-state index in [-0.39, 0.29) is 5.97 Å². The van der Waals surface area contributed by atoms with Crippen LogP contribution in [0, 0.1) is 0 Å². The molecule has 1 aromatic heterocycles. The van der Waals surface area contributed by atoms with E-state index in [2.05, 4.69) is 15.9 Å². The van der Waals surface area contributed by atoms with Crippen LogP contribution in [0.3, 0.4) is 0 Å². The fraction of sp³-hybridized carbons (Fsp3) is 0.182. The molecule has 5 heteroatoms. The molecule has 1 aromatic carbocycles. The Bertz CT molecular complexity index is 547. The van der Waals surface area contributed by atoms with Crippen LogP contribution < -0.4 is 4.74 Å². The maximum atomic E-state index is 11.5. The number of methoxy groups -OCH3 is 2. The van der Waals surface area contributed by atoms with Gasteiger partial charge >= 0.3 is 5.97 Å². The fourth-order valence-corrected chi connectivity index (χ4v) is 3.42. The molecule has 0 amide bonds. The Labute approximate surface area is 105 Å². The number of ether oxygens (including phenoxy) is 2. The SMILES string of the molecule is COC(=O)c1sc2c(OC)cccc2c1Br. The molecule has 1 heterocycles. The van der Waals surface area contributed by atoms with Gasteiger partial charge in [0.05, 0.1) is 23.4 Å². The third-order valence-corrected chi connectivity index (χ3v) is 4.50. The third kappa shape index (κ3) is 1.70. The molecule has 2 rings (SSSR count). The van der Waals surface area contributed by atoms with Crippen molar-refractivity contribution in [3.8, 4) is 5.75 Å². The molecule has 0 N–H and O–H groups in total. The topological polar surface area (TPSA) is 35.5 Å². The van der Waals surface area contributed by atoms with E-state index in [1.165, 1.54) is 18.4 Å². The van der Waals surface area contributed by atoms with E-state index >= 15 is 0 Å². The van der Waals surface area contributed by atoms with Crippen molar-refractivity contribution in [2.75, 3.05) is 14.2 Å². The summed E-state index contributed by atoms with van der Waals surface area (Å²) >= 11 is 4.77. The minimum Gasteiger partial charge on any atom is -0.495 e. The van der Waals surface area contributed by atoms with Crippen molar-refractivity contribution in [3.05, 3.63) is 27.5 Å². The van der Waals surface area contributed by atoms with Gasteiger partial charge in [-0.3, -0.25) is 0 Å². The molecule has 84 valence electrons. The van der Waals surface area contributed by atoms with Gasteiger partial charge in [0.15, 0.2) is 0 Å². The number of carbonyl (C=O) groups is 1. The van der Waals surface area contributed by atoms with Crippen LogP contribution >= 0.6 is 27.3 Å². The highest BCUT2D eigenvalue weighted by molar-refractivity contribution is 9.10. The van der Waals surface area contributed by atoms with Crippen LogP contribution in [0.5, 0.6) is 5.75 Å². The summed E-state index contributed by atoms with van der Waals surface area (Å²) in [5.74, 6) is 0.425. The molecule has 0 aliphatic rings. The number of hydrogen-bond acceptors (Lipinski definition) is 4. The molecule has 0 aliphatic heterocycles. The molecule has 0 radical (unpaired) electrons. The summed E-state index contributed by atoms with van der Waals surface area (Å²) in [5.41, 5.74) is 0. The van der Waals surface area contributed by atoms with Crippen molar-refractivity contribution >= 4 is 43.3 Å². The van der Waals surface area contributed by atoms with E-state index < -0.39 is 0 Å². The first-order valence-electron chi connectivity index (χ1n) is 4.52. The molecule has 0 fully saturated rings. The molecule has 0 atom stereocenters. The number of thiophene rings is 1. The van der Waals surface area contributed by atoms with Crippen LogP contribution in [0.15, 0.2) is 22.7 Å². The van der Waals surface area contributed by atoms with Crippen molar-refractivity contribution in [2.45, 2.75) is 0 Å². The second kappa shape index (κ2) is 4.43. The van der Waals surface area contributed by atoms with Crippen LogP contribution in [0.2, 0.25) is 0 Å². The lowest BCUT2D eigenvalue weighted by molar-refractivity contribution is 0.0605. The Morgan fingerprint density at radius 2 is 2.12 bits per heavy atom. The average Bonchev–Trinajstić information content (AvgIpc) is 2.66. The van der Waals surface area contributed by atoms with Crippen LogP contribution in [0.25, 0.3) is 10.1 Å². The number of esters is 1. The predicted molar refractivity (Wildman–Crippen MR) is 67.4 cm³/mol. The van der Waals surface area contributed by atoms with Gasteiger partial charge in [0, 0.05) is 5.39 Å². The number of fused-ring (bicyclic) bond motifs is 1. The zero-order valence-corrected chi connectivity index (χ0v) is 11.1. The van der Waals surface area contributed by atoms with Gasteiger partial charge in [0.25, 0.3) is 0 Å². The number of hydrogen-bond donors (Lipinski definition) is 0. The van der Waals surface area contributed by atoms with Crippen LogP contribution in [-0.2, 0) is 4.74 Å².